The van der Waals surface area contributed by atoms with Gasteiger partial charge in [0.25, 0.3) is 0 Å². The smallest absolute Gasteiger partial charge is 0.243 e. The molecule has 8 heteroatoms. The van der Waals surface area contributed by atoms with Crippen molar-refractivity contribution in [1.29, 1.82) is 0 Å². The minimum atomic E-state index is -3.60. The summed E-state index contributed by atoms with van der Waals surface area (Å²) < 4.78 is 27.9. The molecule has 6 nitrogen and oxygen atoms in total. The van der Waals surface area contributed by atoms with Gasteiger partial charge in [0.05, 0.1) is 11.1 Å². The maximum atomic E-state index is 12.5. The number of aryl methyl sites for hydroxylation is 1. The number of hydrogen-bond donors (Lipinski definition) is 1. The molecule has 0 unspecified atom stereocenters. The summed E-state index contributed by atoms with van der Waals surface area (Å²) in [4.78, 5) is 0.149. The van der Waals surface area contributed by atoms with Crippen molar-refractivity contribution in [1.82, 2.24) is 14.1 Å². The largest absolute Gasteiger partial charge is 0.326 e. The van der Waals surface area contributed by atoms with Crippen LogP contribution >= 0.6 is 11.6 Å². The first-order valence-electron chi connectivity index (χ1n) is 6.27. The number of sulfonamides is 1. The molecule has 2 N–H and O–H groups in total. The molecule has 1 aromatic heterocycles. The summed E-state index contributed by atoms with van der Waals surface area (Å²) in [7, 11) is -0.302. The summed E-state index contributed by atoms with van der Waals surface area (Å²) in [5, 5.41) is 4.38. The Balaban J connectivity index is 2.26. The third-order valence-corrected chi connectivity index (χ3v) is 5.27. The highest BCUT2D eigenvalue weighted by Gasteiger charge is 2.22. The van der Waals surface area contributed by atoms with Crippen molar-refractivity contribution in [3.8, 4) is 0 Å². The van der Waals surface area contributed by atoms with E-state index >= 15 is 0 Å². The second-order valence-corrected chi connectivity index (χ2v) is 7.19. The second-order valence-electron chi connectivity index (χ2n) is 4.74. The fourth-order valence-electron chi connectivity index (χ4n) is 1.93. The Labute approximate surface area is 129 Å². The minimum absolute atomic E-state index is 0.149. The van der Waals surface area contributed by atoms with Crippen LogP contribution in [0.1, 0.15) is 11.1 Å². The molecule has 0 saturated heterocycles. The predicted octanol–water partition coefficient (Wildman–Crippen LogP) is 1.35. The number of nitrogens with zero attached hydrogens (tertiary/aromatic N) is 3. The molecule has 1 aromatic carbocycles. The molecular formula is C13H17ClN4O2S. The van der Waals surface area contributed by atoms with Gasteiger partial charge in [0.2, 0.25) is 10.0 Å². The Kier molecular flexibility index (Phi) is 4.67. The lowest BCUT2D eigenvalue weighted by Crippen LogP contribution is -2.26. The van der Waals surface area contributed by atoms with Gasteiger partial charge in [0.15, 0.2) is 0 Å². The summed E-state index contributed by atoms with van der Waals surface area (Å²) >= 11 is 6.03. The average Bonchev–Trinajstić information content (AvgIpc) is 2.83. The van der Waals surface area contributed by atoms with Gasteiger partial charge in [-0.3, -0.25) is 4.68 Å². The maximum absolute atomic E-state index is 12.5. The summed E-state index contributed by atoms with van der Waals surface area (Å²) in [5.41, 5.74) is 7.05. The van der Waals surface area contributed by atoms with Gasteiger partial charge in [-0.25, -0.2) is 8.42 Å². The molecule has 114 valence electrons. The van der Waals surface area contributed by atoms with Gasteiger partial charge >= 0.3 is 0 Å². The summed E-state index contributed by atoms with van der Waals surface area (Å²) in [6, 6.07) is 4.58. The molecule has 0 spiro atoms. The molecule has 2 rings (SSSR count). The van der Waals surface area contributed by atoms with E-state index in [4.69, 9.17) is 17.3 Å². The Morgan fingerprint density at radius 1 is 1.43 bits per heavy atom. The number of benzene rings is 1. The number of hydrogen-bond acceptors (Lipinski definition) is 4. The third-order valence-electron chi connectivity index (χ3n) is 3.12. The first-order valence-corrected chi connectivity index (χ1v) is 8.08. The molecule has 0 atom stereocenters. The van der Waals surface area contributed by atoms with E-state index in [1.54, 1.807) is 30.2 Å². The number of rotatable bonds is 5. The fraction of sp³-hybridized carbons (Fsp3) is 0.308. The molecule has 0 fully saturated rings. The van der Waals surface area contributed by atoms with Crippen LogP contribution < -0.4 is 5.73 Å². The highest BCUT2D eigenvalue weighted by atomic mass is 35.5. The van der Waals surface area contributed by atoms with Crippen LogP contribution in [-0.4, -0.2) is 29.6 Å². The van der Waals surface area contributed by atoms with Crippen molar-refractivity contribution in [2.75, 3.05) is 7.05 Å². The van der Waals surface area contributed by atoms with E-state index in [0.717, 1.165) is 5.56 Å². The molecule has 21 heavy (non-hydrogen) atoms. The first-order chi connectivity index (χ1) is 9.84. The highest BCUT2D eigenvalue weighted by molar-refractivity contribution is 7.89. The molecule has 0 radical (unpaired) electrons. The standard InChI is InChI=1S/C13H17ClN4O2S/c1-17-8-10(7-16-17)9-18(2)21(19,20)12-4-3-11(6-15)13(14)5-12/h3-5,7-8H,6,9,15H2,1-2H3. The zero-order chi connectivity index (χ0) is 15.6. The van der Waals surface area contributed by atoms with Gasteiger partial charge in [0, 0.05) is 44.0 Å². The summed E-state index contributed by atoms with van der Waals surface area (Å²) in [6.07, 6.45) is 3.41. The van der Waals surface area contributed by atoms with E-state index < -0.39 is 10.0 Å². The van der Waals surface area contributed by atoms with Crippen LogP contribution in [0.25, 0.3) is 0 Å². The van der Waals surface area contributed by atoms with Crippen LogP contribution in [-0.2, 0) is 30.2 Å². The number of nitrogens with two attached hydrogens (primary N) is 1. The van der Waals surface area contributed by atoms with Crippen LogP contribution in [0.15, 0.2) is 35.5 Å². The summed E-state index contributed by atoms with van der Waals surface area (Å²) in [5.74, 6) is 0. The van der Waals surface area contributed by atoms with Crippen LogP contribution in [0, 0.1) is 0 Å². The minimum Gasteiger partial charge on any atom is -0.326 e. The van der Waals surface area contributed by atoms with E-state index in [9.17, 15) is 8.42 Å². The van der Waals surface area contributed by atoms with Gasteiger partial charge < -0.3 is 5.73 Å². The zero-order valence-electron chi connectivity index (χ0n) is 11.8. The van der Waals surface area contributed by atoms with E-state index in [1.807, 2.05) is 0 Å². The van der Waals surface area contributed by atoms with E-state index in [2.05, 4.69) is 5.10 Å². The lowest BCUT2D eigenvalue weighted by atomic mass is 10.2. The van der Waals surface area contributed by atoms with E-state index in [1.165, 1.54) is 23.5 Å². The molecule has 0 aliphatic rings. The molecule has 0 bridgehead atoms. The topological polar surface area (TPSA) is 81.2 Å². The fourth-order valence-corrected chi connectivity index (χ4v) is 3.44. The molecule has 1 heterocycles. The number of halogens is 1. The van der Waals surface area contributed by atoms with Crippen molar-refractivity contribution in [2.24, 2.45) is 12.8 Å². The number of aromatic nitrogens is 2. The molecule has 0 saturated carbocycles. The van der Waals surface area contributed by atoms with Crippen molar-refractivity contribution in [3.05, 3.63) is 46.7 Å². The van der Waals surface area contributed by atoms with Gasteiger partial charge in [0.1, 0.15) is 0 Å². The quantitative estimate of drug-likeness (QED) is 0.898. The van der Waals surface area contributed by atoms with Gasteiger partial charge in [-0.2, -0.15) is 9.40 Å². The van der Waals surface area contributed by atoms with Crippen LogP contribution in [0.4, 0.5) is 0 Å². The van der Waals surface area contributed by atoms with Gasteiger partial charge in [-0.1, -0.05) is 17.7 Å². The Morgan fingerprint density at radius 3 is 2.67 bits per heavy atom. The lowest BCUT2D eigenvalue weighted by Gasteiger charge is -2.17. The average molecular weight is 329 g/mol. The Hall–Kier alpha value is -1.41. The zero-order valence-corrected chi connectivity index (χ0v) is 13.4. The van der Waals surface area contributed by atoms with Crippen LogP contribution in [0.2, 0.25) is 5.02 Å². The van der Waals surface area contributed by atoms with E-state index in [-0.39, 0.29) is 18.0 Å². The van der Waals surface area contributed by atoms with Crippen molar-refractivity contribution < 1.29 is 8.42 Å². The van der Waals surface area contributed by atoms with Gasteiger partial charge in [-0.15, -0.1) is 0 Å². The van der Waals surface area contributed by atoms with Crippen LogP contribution in [0.3, 0.4) is 0 Å². The predicted molar refractivity (Wildman–Crippen MR) is 81.2 cm³/mol. The molecule has 2 aromatic rings. The first kappa shape index (κ1) is 16.0. The maximum Gasteiger partial charge on any atom is 0.243 e. The van der Waals surface area contributed by atoms with Crippen molar-refractivity contribution >= 4 is 21.6 Å². The Bertz CT molecular complexity index is 742. The van der Waals surface area contributed by atoms with Crippen molar-refractivity contribution in [3.63, 3.8) is 0 Å². The highest BCUT2D eigenvalue weighted by Crippen LogP contribution is 2.23. The normalized spacial score (nSPS) is 12.0. The molecule has 0 aliphatic heterocycles. The Morgan fingerprint density at radius 2 is 2.14 bits per heavy atom. The SMILES string of the molecule is CN(Cc1cnn(C)c1)S(=O)(=O)c1ccc(CN)c(Cl)c1. The second kappa shape index (κ2) is 6.15. The third kappa shape index (κ3) is 3.44. The van der Waals surface area contributed by atoms with Crippen LogP contribution in [0.5, 0.6) is 0 Å². The lowest BCUT2D eigenvalue weighted by molar-refractivity contribution is 0.466. The van der Waals surface area contributed by atoms with Crippen molar-refractivity contribution in [2.45, 2.75) is 18.0 Å². The monoisotopic (exact) mass is 328 g/mol. The summed E-state index contributed by atoms with van der Waals surface area (Å²) in [6.45, 7) is 0.511. The molecule has 0 aliphatic carbocycles. The molecule has 0 amide bonds. The van der Waals surface area contributed by atoms with E-state index in [0.29, 0.717) is 10.6 Å². The molecular weight excluding hydrogens is 312 g/mol. The van der Waals surface area contributed by atoms with Gasteiger partial charge in [-0.05, 0) is 17.7 Å².